The molecule has 0 amide bonds. The Morgan fingerprint density at radius 2 is 1.87 bits per heavy atom. The summed E-state index contributed by atoms with van der Waals surface area (Å²) < 4.78 is 24.9. The number of rotatable bonds is 6. The molecule has 5 aliphatic carbocycles. The molecule has 6 fully saturated rings. The highest BCUT2D eigenvalue weighted by Crippen LogP contribution is 2.79. The van der Waals surface area contributed by atoms with Gasteiger partial charge in [0.2, 0.25) is 0 Å². The molecule has 1 aromatic carbocycles. The minimum atomic E-state index is -1.44. The molecule has 214 valence electrons. The van der Waals surface area contributed by atoms with Crippen molar-refractivity contribution in [3.63, 3.8) is 0 Å². The molecule has 0 aromatic heterocycles. The molecule has 1 heterocycles. The van der Waals surface area contributed by atoms with Crippen molar-refractivity contribution >= 4 is 11.7 Å². The van der Waals surface area contributed by atoms with Gasteiger partial charge in [-0.15, -0.1) is 0 Å². The van der Waals surface area contributed by atoms with E-state index < -0.39 is 34.3 Å². The third-order valence-electron chi connectivity index (χ3n) is 12.4. The van der Waals surface area contributed by atoms with Gasteiger partial charge in [0.25, 0.3) is 0 Å². The van der Waals surface area contributed by atoms with Crippen molar-refractivity contribution in [2.75, 3.05) is 40.2 Å². The molecule has 1 aliphatic heterocycles. The minimum absolute atomic E-state index is 0.00601. The number of carbonyl (C=O) groups excluding carboxylic acids is 1. The van der Waals surface area contributed by atoms with Crippen LogP contribution in [0, 0.1) is 29.1 Å². The van der Waals surface area contributed by atoms with Crippen molar-refractivity contribution < 1.29 is 34.0 Å². The van der Waals surface area contributed by atoms with Gasteiger partial charge < -0.3 is 34.9 Å². The summed E-state index contributed by atoms with van der Waals surface area (Å²) in [5, 5.41) is 25.6. The van der Waals surface area contributed by atoms with Gasteiger partial charge in [0, 0.05) is 75.1 Å². The Bertz CT molecular complexity index is 1180. The van der Waals surface area contributed by atoms with Crippen molar-refractivity contribution in [1.82, 2.24) is 4.90 Å². The van der Waals surface area contributed by atoms with E-state index in [2.05, 4.69) is 11.8 Å². The largest absolute Gasteiger partial charge is 0.454 e. The van der Waals surface area contributed by atoms with Crippen LogP contribution in [0.2, 0.25) is 0 Å². The number of benzene rings is 1. The molecule has 7 rings (SSSR count). The van der Waals surface area contributed by atoms with Crippen molar-refractivity contribution in [3.05, 3.63) is 29.8 Å². The Balaban J connectivity index is 1.42. The van der Waals surface area contributed by atoms with E-state index in [9.17, 15) is 15.0 Å². The number of carbonyl (C=O) groups is 1. The normalized spacial score (nSPS) is 51.1. The molecule has 9 heteroatoms. The zero-order chi connectivity index (χ0) is 27.5. The van der Waals surface area contributed by atoms with Crippen LogP contribution in [0.4, 0.5) is 5.69 Å². The molecule has 5 saturated carbocycles. The second kappa shape index (κ2) is 8.39. The van der Waals surface area contributed by atoms with E-state index in [1.165, 1.54) is 0 Å². The number of esters is 1. The lowest BCUT2D eigenvalue weighted by atomic mass is 9.44. The molecule has 1 spiro atoms. The minimum Gasteiger partial charge on any atom is -0.454 e. The van der Waals surface area contributed by atoms with Crippen LogP contribution in [0.25, 0.3) is 0 Å². The molecule has 1 saturated heterocycles. The second-order valence-electron chi connectivity index (χ2n) is 13.0. The number of likely N-dealkylation sites (N-methyl/N-ethyl adjacent to an activating group) is 1. The third kappa shape index (κ3) is 2.80. The van der Waals surface area contributed by atoms with Gasteiger partial charge in [-0.3, -0.25) is 4.90 Å². The van der Waals surface area contributed by atoms with Crippen molar-refractivity contribution in [2.45, 2.75) is 80.2 Å². The number of anilines is 1. The molecule has 1 aromatic rings. The monoisotopic (exact) mass is 542 g/mol. The van der Waals surface area contributed by atoms with Crippen LogP contribution in [0.3, 0.4) is 0 Å². The van der Waals surface area contributed by atoms with E-state index in [-0.39, 0.29) is 41.9 Å². The zero-order valence-electron chi connectivity index (χ0n) is 23.3. The molecular weight excluding hydrogens is 500 g/mol. The molecule has 6 aliphatic rings. The second-order valence-corrected chi connectivity index (χ2v) is 13.0. The fraction of sp³-hybridized carbons (Fsp3) is 0.767. The first-order valence-electron chi connectivity index (χ1n) is 14.5. The Kier molecular flexibility index (Phi) is 5.63. The molecule has 4 N–H and O–H groups in total. The van der Waals surface area contributed by atoms with Crippen LogP contribution in [-0.2, 0) is 18.9 Å². The average Bonchev–Trinajstić information content (AvgIpc) is 3.35. The molecule has 0 radical (unpaired) electrons. The maximum Gasteiger partial charge on any atom is 0.340 e. The number of fused-ring (bicyclic) bond motifs is 2. The van der Waals surface area contributed by atoms with Gasteiger partial charge in [-0.25, -0.2) is 4.79 Å². The summed E-state index contributed by atoms with van der Waals surface area (Å²) in [6.07, 6.45) is 2.17. The van der Waals surface area contributed by atoms with E-state index >= 15 is 0 Å². The topological polar surface area (TPSA) is 124 Å². The number of aliphatic hydroxyl groups is 2. The number of hydrogen-bond donors (Lipinski definition) is 3. The van der Waals surface area contributed by atoms with E-state index in [4.69, 9.17) is 24.7 Å². The van der Waals surface area contributed by atoms with Crippen molar-refractivity contribution in [3.8, 4) is 0 Å². The first kappa shape index (κ1) is 26.2. The van der Waals surface area contributed by atoms with Crippen LogP contribution < -0.4 is 5.73 Å². The molecule has 7 bridgehead atoms. The quantitative estimate of drug-likeness (QED) is 0.365. The summed E-state index contributed by atoms with van der Waals surface area (Å²) in [6.45, 7) is 3.47. The number of nitrogens with zero attached hydrogens (tertiary/aromatic N) is 1. The average molecular weight is 543 g/mol. The highest BCUT2D eigenvalue weighted by molar-refractivity contribution is 5.95. The highest BCUT2D eigenvalue weighted by Gasteiger charge is 2.89. The SMILES string of the molecule is CCN1C[C@@]2(OC(=O)c3ccccc3N)CC[C@H](OC)[C@]34[C@H]5C[C@@H]6[C@@H](OC)C[C@@](O)([C@H](C[C@@H]23)[C@@H]14)[C@]5(O)[C@@H]6OC. The fourth-order valence-corrected chi connectivity index (χ4v) is 11.3. The first-order valence-corrected chi connectivity index (χ1v) is 14.5. The Hall–Kier alpha value is -1.75. The lowest BCUT2D eigenvalue weighted by molar-refractivity contribution is -0.337. The van der Waals surface area contributed by atoms with E-state index in [1.807, 2.05) is 6.07 Å². The van der Waals surface area contributed by atoms with Crippen LogP contribution in [0.15, 0.2) is 24.3 Å². The van der Waals surface area contributed by atoms with Crippen LogP contribution in [-0.4, -0.2) is 96.7 Å². The van der Waals surface area contributed by atoms with Gasteiger partial charge >= 0.3 is 5.97 Å². The van der Waals surface area contributed by atoms with E-state index in [0.717, 1.165) is 6.54 Å². The highest BCUT2D eigenvalue weighted by atomic mass is 16.6. The summed E-state index contributed by atoms with van der Waals surface area (Å²) in [7, 11) is 5.09. The van der Waals surface area contributed by atoms with E-state index in [1.54, 1.807) is 39.5 Å². The molecular formula is C30H42N2O7. The maximum atomic E-state index is 13.7. The Morgan fingerprint density at radius 1 is 1.10 bits per heavy atom. The lowest BCUT2D eigenvalue weighted by Gasteiger charge is -2.70. The summed E-state index contributed by atoms with van der Waals surface area (Å²) in [5.41, 5.74) is 2.84. The van der Waals surface area contributed by atoms with Crippen molar-refractivity contribution in [2.24, 2.45) is 29.1 Å². The molecule has 9 nitrogen and oxygen atoms in total. The predicted molar refractivity (Wildman–Crippen MR) is 142 cm³/mol. The lowest BCUT2D eigenvalue weighted by Crippen LogP contribution is -2.83. The Labute approximate surface area is 229 Å². The Morgan fingerprint density at radius 3 is 2.54 bits per heavy atom. The fourth-order valence-electron chi connectivity index (χ4n) is 11.3. The standard InChI is InChI=1S/C30H42N2O7/c1-5-32-15-27(39-26(33)16-8-6-7-9-19(16)31)11-10-23(37-3)29-21(27)13-18(24(29)32)28(34)14-20(36-2)17-12-22(29)30(28,35)25(17)38-4/h6-9,17-18,20-25,34-35H,5,10-15,31H2,1-4H3/t17-,18-,20+,21+,22-,23+,24-,25-,27+,28-,29-,30-/m1/s1. The van der Waals surface area contributed by atoms with Gasteiger partial charge in [-0.05, 0) is 44.4 Å². The smallest absolute Gasteiger partial charge is 0.340 e. The summed E-state index contributed by atoms with van der Waals surface area (Å²) in [5.74, 6) is -1.06. The molecule has 0 unspecified atom stereocenters. The number of likely N-dealkylation sites (tertiary alicyclic amines) is 1. The molecule has 39 heavy (non-hydrogen) atoms. The van der Waals surface area contributed by atoms with Gasteiger partial charge in [0.05, 0.1) is 23.9 Å². The van der Waals surface area contributed by atoms with Crippen LogP contribution in [0.5, 0.6) is 0 Å². The molecule has 12 atom stereocenters. The third-order valence-corrected chi connectivity index (χ3v) is 12.4. The maximum absolute atomic E-state index is 13.7. The van der Waals surface area contributed by atoms with E-state index in [0.29, 0.717) is 49.9 Å². The van der Waals surface area contributed by atoms with Crippen LogP contribution in [0.1, 0.15) is 49.4 Å². The number of para-hydroxylation sites is 1. The van der Waals surface area contributed by atoms with Gasteiger partial charge in [0.1, 0.15) is 16.8 Å². The zero-order valence-corrected chi connectivity index (χ0v) is 23.3. The summed E-state index contributed by atoms with van der Waals surface area (Å²) in [4.78, 5) is 16.1. The number of nitrogens with two attached hydrogens (primary N) is 1. The number of nitrogen functional groups attached to an aromatic ring is 1. The number of piperidine rings is 1. The summed E-state index contributed by atoms with van der Waals surface area (Å²) in [6, 6.07) is 7.04. The number of hydrogen-bond acceptors (Lipinski definition) is 9. The van der Waals surface area contributed by atoms with Crippen LogP contribution >= 0.6 is 0 Å². The summed E-state index contributed by atoms with van der Waals surface area (Å²) >= 11 is 0. The predicted octanol–water partition coefficient (Wildman–Crippen LogP) is 1.85. The van der Waals surface area contributed by atoms with Gasteiger partial charge in [0.15, 0.2) is 0 Å². The van der Waals surface area contributed by atoms with Crippen molar-refractivity contribution in [1.29, 1.82) is 0 Å². The number of methoxy groups -OCH3 is 3. The van der Waals surface area contributed by atoms with Gasteiger partial charge in [-0.2, -0.15) is 0 Å². The first-order chi connectivity index (χ1) is 18.7. The van der Waals surface area contributed by atoms with Gasteiger partial charge in [-0.1, -0.05) is 19.1 Å². The number of ether oxygens (including phenoxy) is 4.